The van der Waals surface area contributed by atoms with E-state index >= 15 is 0 Å². The number of nitrogens with zero attached hydrogens (tertiary/aromatic N) is 1. The van der Waals surface area contributed by atoms with Crippen molar-refractivity contribution in [2.24, 2.45) is 0 Å². The third-order valence-electron chi connectivity index (χ3n) is 1.25. The molecule has 0 aromatic carbocycles. The molecule has 0 radical (unpaired) electrons. The number of Topliss-reactive ketones (excluding diaryl/α,β-unsaturated/α-hetero) is 1. The lowest BCUT2D eigenvalue weighted by Crippen LogP contribution is -1.99. The van der Waals surface area contributed by atoms with Crippen LogP contribution in [0.4, 0.5) is 0 Å². The molecule has 0 amide bonds. The number of hydrogen-bond acceptors (Lipinski definition) is 4. The molecule has 0 unspecified atom stereocenters. The van der Waals surface area contributed by atoms with Gasteiger partial charge in [-0.05, 0) is 12.1 Å². The van der Waals surface area contributed by atoms with Gasteiger partial charge in [0, 0.05) is 32.2 Å². The summed E-state index contributed by atoms with van der Waals surface area (Å²) in [4.78, 5) is 24.7. The number of carbonyl (C=O) groups excluding carboxylic acids is 2. The Hall–Kier alpha value is -1.55. The Morgan fingerprint density at radius 1 is 1.57 bits per heavy atom. The van der Waals surface area contributed by atoms with E-state index in [0.29, 0.717) is 11.8 Å². The molecule has 0 aliphatic heterocycles. The van der Waals surface area contributed by atoms with Crippen LogP contribution in [0.2, 0.25) is 0 Å². The highest BCUT2D eigenvalue weighted by Crippen LogP contribution is 1.98. The standard InChI is InChI=1S/C8H7NO2.C2H6O/c10-5-3-8(11)7-2-1-4-9-6-7;1-3-2/h1-2,4-6H,3H2;1-2H3. The molecule has 0 saturated heterocycles. The van der Waals surface area contributed by atoms with Crippen LogP contribution in [0.5, 0.6) is 0 Å². The molecule has 14 heavy (non-hydrogen) atoms. The minimum Gasteiger partial charge on any atom is -0.388 e. The highest BCUT2D eigenvalue weighted by Gasteiger charge is 2.02. The van der Waals surface area contributed by atoms with Crippen molar-refractivity contribution in [3.05, 3.63) is 30.1 Å². The SMILES string of the molecule is COC.O=CCC(=O)c1cccnc1. The Bertz CT molecular complexity index is 272. The fourth-order valence-corrected chi connectivity index (χ4v) is 0.721. The van der Waals surface area contributed by atoms with Gasteiger partial charge >= 0.3 is 0 Å². The first-order valence-corrected chi connectivity index (χ1v) is 4.03. The molecule has 1 rings (SSSR count). The average molecular weight is 195 g/mol. The largest absolute Gasteiger partial charge is 0.388 e. The number of ether oxygens (including phenoxy) is 1. The maximum atomic E-state index is 11.0. The van der Waals surface area contributed by atoms with Crippen molar-refractivity contribution in [2.45, 2.75) is 6.42 Å². The summed E-state index contributed by atoms with van der Waals surface area (Å²) < 4.78 is 4.25. The Kier molecular flexibility index (Phi) is 7.17. The second-order valence-electron chi connectivity index (χ2n) is 2.44. The molecule has 1 aromatic heterocycles. The molecule has 1 heterocycles. The molecule has 4 nitrogen and oxygen atoms in total. The molecule has 0 fully saturated rings. The second kappa shape index (κ2) is 8.07. The monoisotopic (exact) mass is 195 g/mol. The second-order valence-corrected chi connectivity index (χ2v) is 2.44. The molecule has 0 aliphatic carbocycles. The van der Waals surface area contributed by atoms with Gasteiger partial charge in [-0.2, -0.15) is 0 Å². The zero-order valence-corrected chi connectivity index (χ0v) is 8.27. The van der Waals surface area contributed by atoms with Crippen LogP contribution in [0.1, 0.15) is 16.8 Å². The average Bonchev–Trinajstić information content (AvgIpc) is 2.21. The van der Waals surface area contributed by atoms with E-state index in [-0.39, 0.29) is 12.2 Å². The first-order valence-electron chi connectivity index (χ1n) is 4.03. The number of methoxy groups -OCH3 is 1. The number of hydrogen-bond donors (Lipinski definition) is 0. The summed E-state index contributed by atoms with van der Waals surface area (Å²) >= 11 is 0. The molecule has 0 saturated carbocycles. The van der Waals surface area contributed by atoms with Crippen LogP contribution in [-0.4, -0.2) is 31.3 Å². The van der Waals surface area contributed by atoms with Gasteiger partial charge in [-0.15, -0.1) is 0 Å². The lowest BCUT2D eigenvalue weighted by atomic mass is 10.1. The normalized spacial score (nSPS) is 8.43. The third-order valence-corrected chi connectivity index (χ3v) is 1.25. The molecule has 4 heteroatoms. The smallest absolute Gasteiger partial charge is 0.171 e. The summed E-state index contributed by atoms with van der Waals surface area (Å²) in [5.41, 5.74) is 0.486. The van der Waals surface area contributed by atoms with E-state index in [2.05, 4.69) is 9.72 Å². The topological polar surface area (TPSA) is 56.3 Å². The van der Waals surface area contributed by atoms with Crippen LogP contribution < -0.4 is 0 Å². The zero-order valence-electron chi connectivity index (χ0n) is 8.27. The molecular formula is C10H13NO3. The molecule has 0 atom stereocenters. The number of aromatic nitrogens is 1. The fraction of sp³-hybridized carbons (Fsp3) is 0.300. The van der Waals surface area contributed by atoms with Crippen LogP contribution in [0.3, 0.4) is 0 Å². The lowest BCUT2D eigenvalue weighted by molar-refractivity contribution is -0.107. The Balaban J connectivity index is 0.000000500. The van der Waals surface area contributed by atoms with Crippen molar-refractivity contribution in [1.82, 2.24) is 4.98 Å². The Labute approximate surface area is 82.9 Å². The van der Waals surface area contributed by atoms with Gasteiger partial charge in [-0.1, -0.05) is 0 Å². The minimum atomic E-state index is -0.187. The van der Waals surface area contributed by atoms with Crippen LogP contribution in [-0.2, 0) is 9.53 Å². The Morgan fingerprint density at radius 2 is 2.21 bits per heavy atom. The first kappa shape index (κ1) is 12.4. The van der Waals surface area contributed by atoms with Crippen LogP contribution in [0.15, 0.2) is 24.5 Å². The lowest BCUT2D eigenvalue weighted by Gasteiger charge is -1.92. The summed E-state index contributed by atoms with van der Waals surface area (Å²) in [7, 11) is 3.25. The first-order chi connectivity index (χ1) is 6.76. The van der Waals surface area contributed by atoms with E-state index in [1.807, 2.05) is 0 Å². The predicted molar refractivity (Wildman–Crippen MR) is 52.2 cm³/mol. The van der Waals surface area contributed by atoms with Gasteiger partial charge in [0.05, 0.1) is 6.42 Å². The van der Waals surface area contributed by atoms with E-state index in [1.165, 1.54) is 6.20 Å². The van der Waals surface area contributed by atoms with Gasteiger partial charge in [0.2, 0.25) is 0 Å². The molecule has 0 spiro atoms. The van der Waals surface area contributed by atoms with Crippen LogP contribution >= 0.6 is 0 Å². The number of carbonyl (C=O) groups is 2. The molecule has 0 bridgehead atoms. The van der Waals surface area contributed by atoms with Crippen molar-refractivity contribution >= 4 is 12.1 Å². The van der Waals surface area contributed by atoms with Crippen molar-refractivity contribution in [2.75, 3.05) is 14.2 Å². The van der Waals surface area contributed by atoms with E-state index in [0.717, 1.165) is 0 Å². The fourth-order valence-electron chi connectivity index (χ4n) is 0.721. The van der Waals surface area contributed by atoms with Crippen molar-refractivity contribution in [1.29, 1.82) is 0 Å². The molecule has 1 aromatic rings. The molecule has 0 aliphatic rings. The van der Waals surface area contributed by atoms with E-state index in [9.17, 15) is 9.59 Å². The van der Waals surface area contributed by atoms with Gasteiger partial charge in [-0.3, -0.25) is 9.78 Å². The highest BCUT2D eigenvalue weighted by atomic mass is 16.4. The van der Waals surface area contributed by atoms with Gasteiger partial charge in [0.1, 0.15) is 6.29 Å². The summed E-state index contributed by atoms with van der Waals surface area (Å²) in [5, 5.41) is 0. The van der Waals surface area contributed by atoms with Gasteiger partial charge < -0.3 is 9.53 Å². The number of pyridine rings is 1. The molecule has 0 N–H and O–H groups in total. The summed E-state index contributed by atoms with van der Waals surface area (Å²) in [6, 6.07) is 3.30. The van der Waals surface area contributed by atoms with Crippen LogP contribution in [0, 0.1) is 0 Å². The van der Waals surface area contributed by atoms with Gasteiger partial charge in [-0.25, -0.2) is 0 Å². The van der Waals surface area contributed by atoms with Crippen molar-refractivity contribution in [3.63, 3.8) is 0 Å². The number of rotatable bonds is 3. The number of aldehydes is 1. The van der Waals surface area contributed by atoms with E-state index in [4.69, 9.17) is 0 Å². The van der Waals surface area contributed by atoms with Gasteiger partial charge in [0.25, 0.3) is 0 Å². The highest BCUT2D eigenvalue weighted by molar-refractivity contribution is 6.02. The summed E-state index contributed by atoms with van der Waals surface area (Å²) in [5.74, 6) is -0.187. The quantitative estimate of drug-likeness (QED) is 0.412. The summed E-state index contributed by atoms with van der Waals surface area (Å²) in [6.45, 7) is 0. The minimum absolute atomic E-state index is 0.0638. The van der Waals surface area contributed by atoms with Crippen LogP contribution in [0.25, 0.3) is 0 Å². The Morgan fingerprint density at radius 3 is 2.64 bits per heavy atom. The molecule has 76 valence electrons. The molecular weight excluding hydrogens is 182 g/mol. The maximum Gasteiger partial charge on any atom is 0.171 e. The predicted octanol–water partition coefficient (Wildman–Crippen LogP) is 1.12. The third kappa shape index (κ3) is 5.16. The zero-order chi connectivity index (χ0) is 10.8. The number of ketones is 1. The maximum absolute atomic E-state index is 11.0. The van der Waals surface area contributed by atoms with Crippen molar-refractivity contribution in [3.8, 4) is 0 Å². The van der Waals surface area contributed by atoms with Crippen molar-refractivity contribution < 1.29 is 14.3 Å². The van der Waals surface area contributed by atoms with Gasteiger partial charge in [0.15, 0.2) is 5.78 Å². The van der Waals surface area contributed by atoms with E-state index < -0.39 is 0 Å². The summed E-state index contributed by atoms with van der Waals surface area (Å²) in [6.07, 6.45) is 3.56. The van der Waals surface area contributed by atoms with E-state index in [1.54, 1.807) is 32.5 Å².